The van der Waals surface area contributed by atoms with E-state index in [1.54, 1.807) is 0 Å². The molecule has 0 aromatic heterocycles. The lowest BCUT2D eigenvalue weighted by molar-refractivity contribution is 0.291. The minimum atomic E-state index is 0. The van der Waals surface area contributed by atoms with Gasteiger partial charge in [-0.2, -0.15) is 0 Å². The van der Waals surface area contributed by atoms with Crippen LogP contribution in [0.25, 0.3) is 10.8 Å². The number of rotatable bonds is 10. The van der Waals surface area contributed by atoms with Crippen LogP contribution in [0.3, 0.4) is 0 Å². The molecule has 0 amide bonds. The highest BCUT2D eigenvalue weighted by atomic mass is 35.5. The summed E-state index contributed by atoms with van der Waals surface area (Å²) in [5.41, 5.74) is 0.975. The summed E-state index contributed by atoms with van der Waals surface area (Å²) < 4.78 is 6.11. The van der Waals surface area contributed by atoms with E-state index in [1.807, 2.05) is 18.2 Å². The van der Waals surface area contributed by atoms with E-state index in [-0.39, 0.29) is 24.5 Å². The van der Waals surface area contributed by atoms with E-state index >= 15 is 0 Å². The fraction of sp³-hybridized carbons (Fsp3) is 0.542. The van der Waals surface area contributed by atoms with Gasteiger partial charge in [0.1, 0.15) is 11.6 Å². The van der Waals surface area contributed by atoms with Crippen molar-refractivity contribution in [3.8, 4) is 5.75 Å². The Bertz CT molecular complexity index is 734. The number of amidine groups is 1. The standard InChI is InChI=1S/C24H36N2O.ClH/c1-6-7-8-9-12-17-27-23-16-15-22(20-13-10-11-14-21(20)23)24(25)26(18(2)3)19(4)5;/h10-11,13-16,18-19,25H,6-9,12,17H2,1-5H3;1H. The van der Waals surface area contributed by atoms with E-state index in [9.17, 15) is 0 Å². The third kappa shape index (κ3) is 6.13. The maximum absolute atomic E-state index is 8.82. The van der Waals surface area contributed by atoms with Gasteiger partial charge in [0.2, 0.25) is 0 Å². The lowest BCUT2D eigenvalue weighted by Gasteiger charge is -2.33. The van der Waals surface area contributed by atoms with Gasteiger partial charge < -0.3 is 9.64 Å². The van der Waals surface area contributed by atoms with Gasteiger partial charge in [0.15, 0.2) is 0 Å². The number of hydrogen-bond donors (Lipinski definition) is 1. The first-order valence-electron chi connectivity index (χ1n) is 10.5. The van der Waals surface area contributed by atoms with Crippen molar-refractivity contribution in [1.82, 2.24) is 4.90 Å². The Hall–Kier alpha value is -1.74. The number of nitrogens with one attached hydrogen (secondary N) is 1. The largest absolute Gasteiger partial charge is 0.493 e. The summed E-state index contributed by atoms with van der Waals surface area (Å²) in [6, 6.07) is 13.0. The summed E-state index contributed by atoms with van der Waals surface area (Å²) in [6.07, 6.45) is 6.19. The zero-order valence-electron chi connectivity index (χ0n) is 18.1. The molecule has 0 aliphatic heterocycles. The second-order valence-corrected chi connectivity index (χ2v) is 7.86. The predicted octanol–water partition coefficient (Wildman–Crippen LogP) is 7.05. The van der Waals surface area contributed by atoms with Crippen LogP contribution in [-0.2, 0) is 0 Å². The van der Waals surface area contributed by atoms with E-state index in [1.165, 1.54) is 25.7 Å². The zero-order chi connectivity index (χ0) is 19.8. The number of hydrogen-bond acceptors (Lipinski definition) is 2. The predicted molar refractivity (Wildman–Crippen MR) is 124 cm³/mol. The van der Waals surface area contributed by atoms with Crippen molar-refractivity contribution in [2.45, 2.75) is 78.8 Å². The van der Waals surface area contributed by atoms with Gasteiger partial charge in [0.25, 0.3) is 0 Å². The van der Waals surface area contributed by atoms with Gasteiger partial charge >= 0.3 is 0 Å². The maximum Gasteiger partial charge on any atom is 0.129 e. The molecule has 0 aliphatic carbocycles. The fourth-order valence-corrected chi connectivity index (χ4v) is 3.74. The Morgan fingerprint density at radius 3 is 2.11 bits per heavy atom. The van der Waals surface area contributed by atoms with Crippen LogP contribution in [-0.4, -0.2) is 29.4 Å². The molecule has 3 nitrogen and oxygen atoms in total. The van der Waals surface area contributed by atoms with Crippen LogP contribution in [0, 0.1) is 5.41 Å². The zero-order valence-corrected chi connectivity index (χ0v) is 18.9. The molecular weight excluding hydrogens is 368 g/mol. The molecule has 0 aliphatic rings. The smallest absolute Gasteiger partial charge is 0.129 e. The molecule has 0 bridgehead atoms. The summed E-state index contributed by atoms with van der Waals surface area (Å²) in [5.74, 6) is 1.51. The van der Waals surface area contributed by atoms with Crippen molar-refractivity contribution in [1.29, 1.82) is 5.41 Å². The molecule has 28 heavy (non-hydrogen) atoms. The lowest BCUT2D eigenvalue weighted by Crippen LogP contribution is -2.42. The third-order valence-corrected chi connectivity index (χ3v) is 5.02. The molecule has 0 saturated heterocycles. The normalized spacial score (nSPS) is 11.0. The summed E-state index contributed by atoms with van der Waals surface area (Å²) in [5, 5.41) is 11.0. The molecule has 0 radical (unpaired) electrons. The van der Waals surface area contributed by atoms with Gasteiger partial charge in [0, 0.05) is 23.0 Å². The van der Waals surface area contributed by atoms with Crippen molar-refractivity contribution in [2.75, 3.05) is 6.61 Å². The minimum Gasteiger partial charge on any atom is -0.493 e. The van der Waals surface area contributed by atoms with Crippen molar-refractivity contribution >= 4 is 29.0 Å². The quantitative estimate of drug-likeness (QED) is 0.261. The SMILES string of the molecule is CCCCCCCOc1ccc(C(=N)N(C(C)C)C(C)C)c2ccccc12.Cl. The van der Waals surface area contributed by atoms with E-state index in [4.69, 9.17) is 10.1 Å². The highest BCUT2D eigenvalue weighted by molar-refractivity contribution is 6.09. The first kappa shape index (κ1) is 24.3. The highest BCUT2D eigenvalue weighted by Crippen LogP contribution is 2.30. The molecule has 0 spiro atoms. The van der Waals surface area contributed by atoms with Gasteiger partial charge in [-0.15, -0.1) is 12.4 Å². The van der Waals surface area contributed by atoms with E-state index in [2.05, 4.69) is 57.7 Å². The topological polar surface area (TPSA) is 36.3 Å². The molecule has 0 heterocycles. The van der Waals surface area contributed by atoms with Gasteiger partial charge in [-0.1, -0.05) is 56.9 Å². The van der Waals surface area contributed by atoms with Crippen LogP contribution < -0.4 is 4.74 Å². The third-order valence-electron chi connectivity index (χ3n) is 5.02. The van der Waals surface area contributed by atoms with E-state index < -0.39 is 0 Å². The number of fused-ring (bicyclic) bond motifs is 1. The summed E-state index contributed by atoms with van der Waals surface area (Å²) in [7, 11) is 0. The van der Waals surface area contributed by atoms with Crippen LogP contribution in [0.4, 0.5) is 0 Å². The summed E-state index contributed by atoms with van der Waals surface area (Å²) in [6.45, 7) is 11.6. The average Bonchev–Trinajstić information content (AvgIpc) is 2.63. The lowest BCUT2D eigenvalue weighted by atomic mass is 10.0. The number of benzene rings is 2. The van der Waals surface area contributed by atoms with E-state index in [0.717, 1.165) is 35.1 Å². The Balaban J connectivity index is 0.00000392. The molecule has 1 N–H and O–H groups in total. The summed E-state index contributed by atoms with van der Waals surface area (Å²) >= 11 is 0. The molecule has 2 aromatic carbocycles. The second kappa shape index (κ2) is 12.0. The van der Waals surface area contributed by atoms with Crippen molar-refractivity contribution < 1.29 is 4.74 Å². The first-order valence-corrected chi connectivity index (χ1v) is 10.5. The van der Waals surface area contributed by atoms with Crippen LogP contribution in [0.2, 0.25) is 0 Å². The Morgan fingerprint density at radius 1 is 0.893 bits per heavy atom. The summed E-state index contributed by atoms with van der Waals surface area (Å²) in [4.78, 5) is 2.16. The molecule has 0 fully saturated rings. The molecule has 156 valence electrons. The second-order valence-electron chi connectivity index (χ2n) is 7.86. The van der Waals surface area contributed by atoms with Crippen LogP contribution >= 0.6 is 12.4 Å². The molecular formula is C24H37ClN2O. The molecule has 0 saturated carbocycles. The molecule has 2 aromatic rings. The molecule has 2 rings (SSSR count). The van der Waals surface area contributed by atoms with Gasteiger partial charge in [-0.25, -0.2) is 0 Å². The van der Waals surface area contributed by atoms with Crippen LogP contribution in [0.5, 0.6) is 5.75 Å². The van der Waals surface area contributed by atoms with Crippen LogP contribution in [0.15, 0.2) is 36.4 Å². The Morgan fingerprint density at radius 2 is 1.50 bits per heavy atom. The maximum atomic E-state index is 8.82. The highest BCUT2D eigenvalue weighted by Gasteiger charge is 2.20. The monoisotopic (exact) mass is 404 g/mol. The molecule has 0 atom stereocenters. The van der Waals surface area contributed by atoms with Crippen molar-refractivity contribution in [3.63, 3.8) is 0 Å². The van der Waals surface area contributed by atoms with Gasteiger partial charge in [-0.05, 0) is 51.6 Å². The first-order chi connectivity index (χ1) is 13.0. The molecule has 0 unspecified atom stereocenters. The Labute approximate surface area is 177 Å². The number of ether oxygens (including phenoxy) is 1. The number of unbranched alkanes of at least 4 members (excludes halogenated alkanes) is 4. The van der Waals surface area contributed by atoms with Gasteiger partial charge in [0.05, 0.1) is 6.61 Å². The Kier molecular flexibility index (Phi) is 10.4. The fourth-order valence-electron chi connectivity index (χ4n) is 3.74. The van der Waals surface area contributed by atoms with Crippen molar-refractivity contribution in [2.24, 2.45) is 0 Å². The minimum absolute atomic E-state index is 0. The average molecular weight is 405 g/mol. The van der Waals surface area contributed by atoms with E-state index in [0.29, 0.717) is 5.84 Å². The molecule has 4 heteroatoms. The number of nitrogens with zero attached hydrogens (tertiary/aromatic N) is 1. The number of halogens is 1. The van der Waals surface area contributed by atoms with Gasteiger partial charge in [-0.3, -0.25) is 5.41 Å². The van der Waals surface area contributed by atoms with Crippen LogP contribution in [0.1, 0.15) is 72.3 Å². The van der Waals surface area contributed by atoms with Crippen molar-refractivity contribution in [3.05, 3.63) is 42.0 Å².